The second-order valence-electron chi connectivity index (χ2n) is 4.18. The zero-order valence-electron chi connectivity index (χ0n) is 9.41. The van der Waals surface area contributed by atoms with E-state index in [0.717, 1.165) is 0 Å². The van der Waals surface area contributed by atoms with Gasteiger partial charge in [0.15, 0.2) is 0 Å². The quantitative estimate of drug-likeness (QED) is 0.709. The second kappa shape index (κ2) is 6.65. The van der Waals surface area contributed by atoms with E-state index in [-0.39, 0.29) is 12.5 Å². The zero-order valence-corrected chi connectivity index (χ0v) is 9.41. The van der Waals surface area contributed by atoms with E-state index in [1.807, 2.05) is 27.7 Å². The van der Waals surface area contributed by atoms with Crippen LogP contribution in [0.25, 0.3) is 0 Å². The molecule has 1 atom stereocenters. The van der Waals surface area contributed by atoms with Gasteiger partial charge in [0.05, 0.1) is 12.7 Å². The maximum atomic E-state index is 11.0. The maximum Gasteiger partial charge on any atom is 0.407 e. The number of carbonyl (C=O) groups excluding carboxylic acids is 1. The van der Waals surface area contributed by atoms with Crippen molar-refractivity contribution in [3.8, 4) is 0 Å². The maximum absolute atomic E-state index is 11.0. The van der Waals surface area contributed by atoms with Gasteiger partial charge in [0.25, 0.3) is 0 Å². The smallest absolute Gasteiger partial charge is 0.407 e. The van der Waals surface area contributed by atoms with Gasteiger partial charge in [0.1, 0.15) is 0 Å². The van der Waals surface area contributed by atoms with Crippen molar-refractivity contribution in [3.05, 3.63) is 0 Å². The largest absolute Gasteiger partial charge is 0.449 e. The number of ether oxygens (including phenoxy) is 1. The molecule has 0 aliphatic carbocycles. The highest BCUT2D eigenvalue weighted by Gasteiger charge is 2.11. The van der Waals surface area contributed by atoms with Crippen LogP contribution in [-0.4, -0.2) is 30.5 Å². The van der Waals surface area contributed by atoms with Gasteiger partial charge >= 0.3 is 6.09 Å². The molecule has 4 heteroatoms. The van der Waals surface area contributed by atoms with Crippen molar-refractivity contribution >= 4 is 6.09 Å². The van der Waals surface area contributed by atoms with Crippen LogP contribution in [0.15, 0.2) is 0 Å². The fourth-order valence-electron chi connectivity index (χ4n) is 0.717. The first-order valence-corrected chi connectivity index (χ1v) is 5.02. The predicted molar refractivity (Wildman–Crippen MR) is 55.0 cm³/mol. The summed E-state index contributed by atoms with van der Waals surface area (Å²) in [5.41, 5.74) is 0. The van der Waals surface area contributed by atoms with Crippen LogP contribution in [0.2, 0.25) is 0 Å². The van der Waals surface area contributed by atoms with Crippen LogP contribution in [0, 0.1) is 11.8 Å². The molecule has 2 N–H and O–H groups in total. The summed E-state index contributed by atoms with van der Waals surface area (Å²) in [5, 5.41) is 11.9. The van der Waals surface area contributed by atoms with Crippen molar-refractivity contribution in [1.82, 2.24) is 5.32 Å². The van der Waals surface area contributed by atoms with Crippen LogP contribution in [0.3, 0.4) is 0 Å². The minimum Gasteiger partial charge on any atom is -0.449 e. The first-order chi connectivity index (χ1) is 6.43. The molecule has 14 heavy (non-hydrogen) atoms. The van der Waals surface area contributed by atoms with Crippen LogP contribution in [-0.2, 0) is 4.74 Å². The first-order valence-electron chi connectivity index (χ1n) is 5.02. The molecule has 84 valence electrons. The Morgan fingerprint density at radius 1 is 1.36 bits per heavy atom. The lowest BCUT2D eigenvalue weighted by molar-refractivity contribution is 0.104. The summed E-state index contributed by atoms with van der Waals surface area (Å²) in [7, 11) is 0. The van der Waals surface area contributed by atoms with Gasteiger partial charge in [-0.3, -0.25) is 0 Å². The highest BCUT2D eigenvalue weighted by molar-refractivity contribution is 5.67. The van der Waals surface area contributed by atoms with E-state index >= 15 is 0 Å². The van der Waals surface area contributed by atoms with Gasteiger partial charge in [-0.1, -0.05) is 27.7 Å². The van der Waals surface area contributed by atoms with Crippen molar-refractivity contribution in [2.75, 3.05) is 13.2 Å². The summed E-state index contributed by atoms with van der Waals surface area (Å²) in [5.74, 6) is 0.469. The molecule has 4 nitrogen and oxygen atoms in total. The van der Waals surface area contributed by atoms with E-state index in [2.05, 4.69) is 5.32 Å². The number of aliphatic hydroxyl groups is 1. The minimum atomic E-state index is -0.512. The highest BCUT2D eigenvalue weighted by Crippen LogP contribution is 1.99. The molecule has 0 spiro atoms. The van der Waals surface area contributed by atoms with Crippen LogP contribution in [0.5, 0.6) is 0 Å². The molecule has 1 amide bonds. The average Bonchev–Trinajstić information content (AvgIpc) is 2.10. The summed E-state index contributed by atoms with van der Waals surface area (Å²) in [6.45, 7) is 8.38. The van der Waals surface area contributed by atoms with Crippen LogP contribution >= 0.6 is 0 Å². The molecular formula is C10H21NO3. The van der Waals surface area contributed by atoms with Crippen molar-refractivity contribution in [2.24, 2.45) is 11.8 Å². The lowest BCUT2D eigenvalue weighted by Crippen LogP contribution is -2.35. The van der Waals surface area contributed by atoms with Gasteiger partial charge in [-0.15, -0.1) is 0 Å². The summed E-state index contributed by atoms with van der Waals surface area (Å²) < 4.78 is 4.87. The fourth-order valence-corrected chi connectivity index (χ4v) is 0.717. The number of carbonyl (C=O) groups is 1. The third-order valence-electron chi connectivity index (χ3n) is 1.77. The molecule has 0 bridgehead atoms. The normalized spacial score (nSPS) is 13.1. The molecule has 0 radical (unpaired) electrons. The van der Waals surface area contributed by atoms with Gasteiger partial charge in [0.2, 0.25) is 0 Å². The Hall–Kier alpha value is -0.770. The Morgan fingerprint density at radius 2 is 1.93 bits per heavy atom. The molecule has 0 heterocycles. The molecule has 0 aromatic carbocycles. The summed E-state index contributed by atoms with van der Waals surface area (Å²) in [6.07, 6.45) is -0.972. The van der Waals surface area contributed by atoms with E-state index in [1.54, 1.807) is 0 Å². The van der Waals surface area contributed by atoms with Gasteiger partial charge < -0.3 is 15.2 Å². The molecule has 0 aliphatic rings. The molecule has 0 saturated heterocycles. The minimum absolute atomic E-state index is 0.139. The Morgan fingerprint density at radius 3 is 2.36 bits per heavy atom. The number of amides is 1. The number of nitrogens with one attached hydrogen (secondary N) is 1. The SMILES string of the molecule is CC(C)COC(=O)NCC(O)C(C)C. The van der Waals surface area contributed by atoms with Crippen molar-refractivity contribution < 1.29 is 14.6 Å². The van der Waals surface area contributed by atoms with Crippen LogP contribution < -0.4 is 5.32 Å². The summed E-state index contributed by atoms with van der Waals surface area (Å²) >= 11 is 0. The number of hydrogen-bond acceptors (Lipinski definition) is 3. The Labute approximate surface area is 85.6 Å². The summed E-state index contributed by atoms with van der Waals surface area (Å²) in [4.78, 5) is 11.0. The zero-order chi connectivity index (χ0) is 11.1. The Bertz CT molecular complexity index is 169. The molecule has 0 saturated carbocycles. The van der Waals surface area contributed by atoms with E-state index in [1.165, 1.54) is 0 Å². The van der Waals surface area contributed by atoms with Crippen molar-refractivity contribution in [3.63, 3.8) is 0 Å². The van der Waals surface area contributed by atoms with Crippen molar-refractivity contribution in [1.29, 1.82) is 0 Å². The third kappa shape index (κ3) is 6.71. The highest BCUT2D eigenvalue weighted by atomic mass is 16.5. The van der Waals surface area contributed by atoms with Crippen molar-refractivity contribution in [2.45, 2.75) is 33.8 Å². The monoisotopic (exact) mass is 203 g/mol. The predicted octanol–water partition coefficient (Wildman–Crippen LogP) is 1.39. The van der Waals surface area contributed by atoms with E-state index in [4.69, 9.17) is 4.74 Å². The topological polar surface area (TPSA) is 58.6 Å². The van der Waals surface area contributed by atoms with Gasteiger partial charge in [-0.25, -0.2) is 4.79 Å². The Balaban J connectivity index is 3.54. The molecular weight excluding hydrogens is 182 g/mol. The van der Waals surface area contributed by atoms with E-state index in [9.17, 15) is 9.90 Å². The van der Waals surface area contributed by atoms with E-state index in [0.29, 0.717) is 12.5 Å². The molecule has 0 aromatic heterocycles. The number of hydrogen-bond donors (Lipinski definition) is 2. The number of alkyl carbamates (subject to hydrolysis) is 1. The molecule has 0 aliphatic heterocycles. The first kappa shape index (κ1) is 13.2. The third-order valence-corrected chi connectivity index (χ3v) is 1.77. The van der Waals surface area contributed by atoms with Gasteiger partial charge in [-0.2, -0.15) is 0 Å². The molecule has 1 unspecified atom stereocenters. The summed E-state index contributed by atoms with van der Waals surface area (Å²) in [6, 6.07) is 0. The molecule has 0 fully saturated rings. The number of rotatable bonds is 5. The van der Waals surface area contributed by atoms with Gasteiger partial charge in [-0.05, 0) is 11.8 Å². The molecule has 0 rings (SSSR count). The van der Waals surface area contributed by atoms with E-state index < -0.39 is 12.2 Å². The second-order valence-corrected chi connectivity index (χ2v) is 4.18. The van der Waals surface area contributed by atoms with Gasteiger partial charge in [0, 0.05) is 6.54 Å². The number of aliphatic hydroxyl groups excluding tert-OH is 1. The average molecular weight is 203 g/mol. The fraction of sp³-hybridized carbons (Fsp3) is 0.900. The Kier molecular flexibility index (Phi) is 6.28. The van der Waals surface area contributed by atoms with Crippen LogP contribution in [0.1, 0.15) is 27.7 Å². The standard InChI is InChI=1S/C10H21NO3/c1-7(2)6-14-10(13)11-5-9(12)8(3)4/h7-9,12H,5-6H2,1-4H3,(H,11,13). The lowest BCUT2D eigenvalue weighted by Gasteiger charge is -2.15. The molecule has 0 aromatic rings. The lowest BCUT2D eigenvalue weighted by atomic mass is 10.1. The van der Waals surface area contributed by atoms with Crippen LogP contribution in [0.4, 0.5) is 4.79 Å².